The van der Waals surface area contributed by atoms with Crippen molar-refractivity contribution in [2.45, 2.75) is 69.0 Å². The quantitative estimate of drug-likeness (QED) is 0.171. The van der Waals surface area contributed by atoms with Crippen molar-refractivity contribution in [2.24, 2.45) is 5.92 Å². The fourth-order valence-corrected chi connectivity index (χ4v) is 8.82. The van der Waals surface area contributed by atoms with Crippen LogP contribution in [0.5, 0.6) is 0 Å². The molecule has 3 aliphatic heterocycles. The van der Waals surface area contributed by atoms with Crippen LogP contribution in [0.2, 0.25) is 0 Å². The predicted molar refractivity (Wildman–Crippen MR) is 186 cm³/mol. The number of aromatic nitrogens is 2. The van der Waals surface area contributed by atoms with Gasteiger partial charge in [-0.1, -0.05) is 66.7 Å². The summed E-state index contributed by atoms with van der Waals surface area (Å²) >= 11 is 0. The summed E-state index contributed by atoms with van der Waals surface area (Å²) in [5, 5.41) is 0. The highest BCUT2D eigenvalue weighted by Crippen LogP contribution is 2.44. The Hall–Kier alpha value is -4.64. The normalized spacial score (nSPS) is 21.6. The maximum Gasteiger partial charge on any atom is 0.416 e. The van der Waals surface area contributed by atoms with Gasteiger partial charge in [0.15, 0.2) is 0 Å². The second-order valence-corrected chi connectivity index (χ2v) is 14.4. The third kappa shape index (κ3) is 6.59. The number of piperidine rings is 2. The minimum Gasteiger partial charge on any atom is -0.335 e. The molecule has 1 aromatic heterocycles. The number of para-hydroxylation sites is 2. The van der Waals surface area contributed by atoms with E-state index in [9.17, 15) is 31.1 Å². The molecule has 52 heavy (non-hydrogen) atoms. The van der Waals surface area contributed by atoms with Gasteiger partial charge in [0.2, 0.25) is 0 Å². The van der Waals surface area contributed by atoms with E-state index in [0.29, 0.717) is 37.3 Å². The molecule has 1 amide bonds. The first-order valence-electron chi connectivity index (χ1n) is 17.9. The molecule has 0 saturated carbocycles. The monoisotopic (exact) mass is 716 g/mol. The third-order valence-electron chi connectivity index (χ3n) is 11.3. The number of rotatable bonds is 5. The fourth-order valence-electron chi connectivity index (χ4n) is 8.82. The van der Waals surface area contributed by atoms with Crippen molar-refractivity contribution in [1.29, 1.82) is 0 Å². The largest absolute Gasteiger partial charge is 0.416 e. The molecule has 0 N–H and O–H groups in total. The Balaban J connectivity index is 1.03. The van der Waals surface area contributed by atoms with Crippen LogP contribution in [0.25, 0.3) is 11.0 Å². The zero-order valence-electron chi connectivity index (χ0n) is 28.4. The maximum atomic E-state index is 13.9. The van der Waals surface area contributed by atoms with Gasteiger partial charge < -0.3 is 14.4 Å². The highest BCUT2D eigenvalue weighted by atomic mass is 19.4. The molecule has 4 aromatic carbocycles. The Kier molecular flexibility index (Phi) is 8.88. The molecule has 5 nitrogen and oxygen atoms in total. The van der Waals surface area contributed by atoms with Crippen molar-refractivity contribution < 1.29 is 31.1 Å². The van der Waals surface area contributed by atoms with E-state index >= 15 is 0 Å². The third-order valence-corrected chi connectivity index (χ3v) is 11.3. The first kappa shape index (κ1) is 34.4. The van der Waals surface area contributed by atoms with Crippen LogP contribution >= 0.6 is 0 Å². The minimum atomic E-state index is -5.04. The summed E-state index contributed by atoms with van der Waals surface area (Å²) in [5.41, 5.74) is 2.16. The van der Waals surface area contributed by atoms with E-state index in [0.717, 1.165) is 54.9 Å². The Bertz CT molecular complexity index is 2050. The van der Waals surface area contributed by atoms with Gasteiger partial charge in [-0.15, -0.1) is 0 Å². The number of carbonyl (C=O) groups excluding carboxylic acids is 1. The van der Waals surface area contributed by atoms with Crippen LogP contribution in [0.15, 0.2) is 97.1 Å². The number of alkyl halides is 6. The summed E-state index contributed by atoms with van der Waals surface area (Å²) in [6, 6.07) is 27.3. The van der Waals surface area contributed by atoms with E-state index in [1.54, 1.807) is 0 Å². The molecule has 0 radical (unpaired) electrons. The number of nitrogens with zero attached hydrogens (tertiary/aromatic N) is 4. The lowest BCUT2D eigenvalue weighted by Gasteiger charge is -2.46. The van der Waals surface area contributed by atoms with Crippen molar-refractivity contribution >= 4 is 16.9 Å². The number of likely N-dealkylation sites (tertiary alicyclic amines) is 2. The number of imidazole rings is 1. The Morgan fingerprint density at radius 3 is 2.12 bits per heavy atom. The molecule has 3 aliphatic rings. The molecular formula is C41H38F6N4O. The summed E-state index contributed by atoms with van der Waals surface area (Å²) in [6.07, 6.45) is -6.58. The number of halogens is 6. The summed E-state index contributed by atoms with van der Waals surface area (Å²) in [5.74, 6) is 0.836. The van der Waals surface area contributed by atoms with Crippen molar-refractivity contribution in [3.63, 3.8) is 0 Å². The van der Waals surface area contributed by atoms with Crippen molar-refractivity contribution in [3.05, 3.63) is 136 Å². The highest BCUT2D eigenvalue weighted by Gasteiger charge is 2.42. The molecule has 0 spiro atoms. The summed E-state index contributed by atoms with van der Waals surface area (Å²) < 4.78 is 84.6. The average Bonchev–Trinajstić information content (AvgIpc) is 3.51. The van der Waals surface area contributed by atoms with Gasteiger partial charge in [0.25, 0.3) is 5.91 Å². The van der Waals surface area contributed by atoms with Gasteiger partial charge in [-0.25, -0.2) is 4.98 Å². The van der Waals surface area contributed by atoms with E-state index in [1.807, 2.05) is 36.4 Å². The Labute approximate surface area is 297 Å². The van der Waals surface area contributed by atoms with Crippen molar-refractivity contribution in [1.82, 2.24) is 19.4 Å². The highest BCUT2D eigenvalue weighted by molar-refractivity contribution is 5.95. The van der Waals surface area contributed by atoms with E-state index in [4.69, 9.17) is 4.98 Å². The zero-order chi connectivity index (χ0) is 36.2. The standard InChI is InChI=1S/C41H38F6N4O/c42-40(43,44)30-21-29(22-31(23-30)41(45,46)47)39(52)50-19-16-32(24-33(50)20-26-8-2-1-3-9-26)49-17-14-27(15-18-49)37-34-11-5-4-10-28(34)25-51-36-13-7-6-12-35(36)48-38(37)51/h1-13,21-23,27,32-33,37H,14-20,24-25H2/t32-,33-,37?/m0/s1. The molecule has 5 aromatic rings. The van der Waals surface area contributed by atoms with Gasteiger partial charge >= 0.3 is 12.4 Å². The predicted octanol–water partition coefficient (Wildman–Crippen LogP) is 9.20. The minimum absolute atomic E-state index is 0.0652. The molecular weight excluding hydrogens is 678 g/mol. The van der Waals surface area contributed by atoms with E-state index in [2.05, 4.69) is 51.9 Å². The SMILES string of the molecule is O=C(c1cc(C(F)(F)F)cc(C(F)(F)F)c1)N1CC[C@H](N2CCC(C3c4ccccc4Cn4c3nc3ccccc34)CC2)C[C@@H]1Cc1ccccc1. The van der Waals surface area contributed by atoms with Gasteiger partial charge in [0, 0.05) is 36.7 Å². The van der Waals surface area contributed by atoms with Gasteiger partial charge in [-0.05, 0) is 98.1 Å². The second kappa shape index (κ2) is 13.4. The smallest absolute Gasteiger partial charge is 0.335 e. The van der Waals surface area contributed by atoms with Crippen molar-refractivity contribution in [2.75, 3.05) is 19.6 Å². The summed E-state index contributed by atoms with van der Waals surface area (Å²) in [6.45, 7) is 2.73. The number of carbonyl (C=O) groups is 1. The molecule has 2 fully saturated rings. The molecule has 11 heteroatoms. The van der Waals surface area contributed by atoms with Gasteiger partial charge in [0.05, 0.1) is 22.2 Å². The number of benzene rings is 4. The van der Waals surface area contributed by atoms with Crippen LogP contribution in [0.3, 0.4) is 0 Å². The average molecular weight is 717 g/mol. The van der Waals surface area contributed by atoms with Crippen molar-refractivity contribution in [3.8, 4) is 0 Å². The first-order chi connectivity index (χ1) is 24.9. The molecule has 0 bridgehead atoms. The number of hydrogen-bond donors (Lipinski definition) is 0. The van der Waals surface area contributed by atoms with E-state index in [-0.39, 0.29) is 24.6 Å². The number of hydrogen-bond acceptors (Lipinski definition) is 3. The van der Waals surface area contributed by atoms with Gasteiger partial charge in [-0.3, -0.25) is 4.79 Å². The topological polar surface area (TPSA) is 41.4 Å². The molecule has 1 unspecified atom stereocenters. The van der Waals surface area contributed by atoms with Crippen LogP contribution in [0.4, 0.5) is 26.3 Å². The second-order valence-electron chi connectivity index (χ2n) is 14.4. The lowest BCUT2D eigenvalue weighted by atomic mass is 9.76. The zero-order valence-corrected chi connectivity index (χ0v) is 28.4. The summed E-state index contributed by atoms with van der Waals surface area (Å²) in [4.78, 5) is 23.0. The Morgan fingerprint density at radius 1 is 0.750 bits per heavy atom. The van der Waals surface area contributed by atoms with Gasteiger partial charge in [0.1, 0.15) is 5.82 Å². The van der Waals surface area contributed by atoms with Gasteiger partial charge in [-0.2, -0.15) is 26.3 Å². The fraction of sp³-hybridized carbons (Fsp3) is 0.366. The van der Waals surface area contributed by atoms with Crippen LogP contribution in [-0.2, 0) is 25.3 Å². The summed E-state index contributed by atoms with van der Waals surface area (Å²) in [7, 11) is 0. The van der Waals surface area contributed by atoms with Crippen LogP contribution in [-0.4, -0.2) is 57.0 Å². The lowest BCUT2D eigenvalue weighted by Crippen LogP contribution is -2.54. The maximum absolute atomic E-state index is 13.9. The molecule has 270 valence electrons. The molecule has 2 saturated heterocycles. The van der Waals surface area contributed by atoms with Crippen LogP contribution in [0.1, 0.15) is 75.6 Å². The number of amides is 1. The number of fused-ring (bicyclic) bond motifs is 4. The van der Waals surface area contributed by atoms with Crippen LogP contribution in [0, 0.1) is 5.92 Å². The molecule has 4 heterocycles. The van der Waals surface area contributed by atoms with Crippen LogP contribution < -0.4 is 0 Å². The Morgan fingerprint density at radius 2 is 1.40 bits per heavy atom. The van der Waals surface area contributed by atoms with E-state index < -0.39 is 41.0 Å². The first-order valence-corrected chi connectivity index (χ1v) is 17.9. The molecule has 8 rings (SSSR count). The molecule has 3 atom stereocenters. The molecule has 0 aliphatic carbocycles. The lowest BCUT2D eigenvalue weighted by molar-refractivity contribution is -0.143. The van der Waals surface area contributed by atoms with E-state index in [1.165, 1.54) is 16.0 Å².